The standard InChI is InChI=1S/C19H23NO5/c1-6-20-12(2)7-17(13(20)3)18(21)11-25-19(22)14-8-15(23-4)10-16(9-14)24-5/h7-10H,6,11H2,1-5H3. The molecule has 0 aliphatic carbocycles. The van der Waals surface area contributed by atoms with Gasteiger partial charge in [-0.1, -0.05) is 0 Å². The number of hydrogen-bond donors (Lipinski definition) is 0. The summed E-state index contributed by atoms with van der Waals surface area (Å²) >= 11 is 0. The minimum absolute atomic E-state index is 0.226. The first kappa shape index (κ1) is 18.6. The van der Waals surface area contributed by atoms with Crippen LogP contribution in [0.4, 0.5) is 0 Å². The van der Waals surface area contributed by atoms with Crippen molar-refractivity contribution in [2.75, 3.05) is 20.8 Å². The minimum atomic E-state index is -0.602. The number of nitrogens with zero attached hydrogens (tertiary/aromatic N) is 1. The lowest BCUT2D eigenvalue weighted by Gasteiger charge is -2.09. The van der Waals surface area contributed by atoms with E-state index in [2.05, 4.69) is 0 Å². The molecule has 0 N–H and O–H groups in total. The van der Waals surface area contributed by atoms with Crippen molar-refractivity contribution in [3.8, 4) is 11.5 Å². The zero-order chi connectivity index (χ0) is 18.6. The number of aryl methyl sites for hydroxylation is 1. The Bertz CT molecular complexity index is 769. The Kier molecular flexibility index (Phi) is 5.85. The molecule has 2 aromatic rings. The van der Waals surface area contributed by atoms with Crippen LogP contribution >= 0.6 is 0 Å². The molecule has 0 atom stereocenters. The Morgan fingerprint density at radius 2 is 1.60 bits per heavy atom. The van der Waals surface area contributed by atoms with Crippen LogP contribution in [-0.2, 0) is 11.3 Å². The van der Waals surface area contributed by atoms with E-state index in [9.17, 15) is 9.59 Å². The van der Waals surface area contributed by atoms with Crippen molar-refractivity contribution in [3.05, 3.63) is 46.8 Å². The summed E-state index contributed by atoms with van der Waals surface area (Å²) in [5.41, 5.74) is 2.73. The monoisotopic (exact) mass is 345 g/mol. The van der Waals surface area contributed by atoms with E-state index in [0.29, 0.717) is 17.1 Å². The van der Waals surface area contributed by atoms with Gasteiger partial charge < -0.3 is 18.8 Å². The third-order valence-electron chi connectivity index (χ3n) is 4.11. The van der Waals surface area contributed by atoms with E-state index >= 15 is 0 Å². The molecule has 0 fully saturated rings. The van der Waals surface area contributed by atoms with E-state index in [1.165, 1.54) is 26.4 Å². The van der Waals surface area contributed by atoms with Crippen molar-refractivity contribution in [1.29, 1.82) is 0 Å². The first-order valence-corrected chi connectivity index (χ1v) is 8.01. The van der Waals surface area contributed by atoms with Crippen molar-refractivity contribution in [1.82, 2.24) is 4.57 Å². The van der Waals surface area contributed by atoms with Crippen LogP contribution < -0.4 is 9.47 Å². The summed E-state index contributed by atoms with van der Waals surface area (Å²) < 4.78 is 17.5. The Balaban J connectivity index is 2.11. The molecule has 1 heterocycles. The Hall–Kier alpha value is -2.76. The molecule has 0 radical (unpaired) electrons. The van der Waals surface area contributed by atoms with E-state index < -0.39 is 5.97 Å². The number of carbonyl (C=O) groups excluding carboxylic acids is 2. The maximum atomic E-state index is 12.4. The van der Waals surface area contributed by atoms with Crippen LogP contribution in [0.3, 0.4) is 0 Å². The molecule has 0 bridgehead atoms. The highest BCUT2D eigenvalue weighted by molar-refractivity contribution is 6.00. The molecule has 0 saturated carbocycles. The molecular weight excluding hydrogens is 322 g/mol. The zero-order valence-electron chi connectivity index (χ0n) is 15.2. The molecule has 134 valence electrons. The maximum absolute atomic E-state index is 12.4. The molecule has 6 nitrogen and oxygen atoms in total. The van der Waals surface area contributed by atoms with E-state index in [-0.39, 0.29) is 18.0 Å². The summed E-state index contributed by atoms with van der Waals surface area (Å²) in [6.07, 6.45) is 0. The number of carbonyl (C=O) groups is 2. The quantitative estimate of drug-likeness (QED) is 0.569. The number of benzene rings is 1. The molecule has 2 rings (SSSR count). The molecule has 0 saturated heterocycles. The van der Waals surface area contributed by atoms with Crippen molar-refractivity contribution in [2.45, 2.75) is 27.3 Å². The summed E-state index contributed by atoms with van der Waals surface area (Å²) in [5, 5.41) is 0. The molecule has 0 spiro atoms. The lowest BCUT2D eigenvalue weighted by molar-refractivity contribution is 0.0474. The number of Topliss-reactive ketones (excluding diaryl/α,β-unsaturated/α-hetero) is 1. The largest absolute Gasteiger partial charge is 0.497 e. The summed E-state index contributed by atoms with van der Waals surface area (Å²) in [5.74, 6) is 0.124. The van der Waals surface area contributed by atoms with E-state index in [1.807, 2.05) is 31.4 Å². The normalized spacial score (nSPS) is 10.4. The Morgan fingerprint density at radius 3 is 2.08 bits per heavy atom. The molecular formula is C19H23NO5. The van der Waals surface area contributed by atoms with Gasteiger partial charge in [-0.15, -0.1) is 0 Å². The van der Waals surface area contributed by atoms with Gasteiger partial charge in [0, 0.05) is 29.6 Å². The van der Waals surface area contributed by atoms with Crippen LogP contribution in [0.15, 0.2) is 24.3 Å². The van der Waals surface area contributed by atoms with Gasteiger partial charge in [-0.05, 0) is 39.0 Å². The minimum Gasteiger partial charge on any atom is -0.497 e. The van der Waals surface area contributed by atoms with Gasteiger partial charge in [0.15, 0.2) is 6.61 Å². The second-order valence-electron chi connectivity index (χ2n) is 5.63. The highest BCUT2D eigenvalue weighted by atomic mass is 16.5. The molecule has 0 amide bonds. The second kappa shape index (κ2) is 7.88. The van der Waals surface area contributed by atoms with Gasteiger partial charge in [-0.25, -0.2) is 4.79 Å². The van der Waals surface area contributed by atoms with E-state index in [1.54, 1.807) is 6.07 Å². The van der Waals surface area contributed by atoms with E-state index in [4.69, 9.17) is 14.2 Å². The SMILES string of the molecule is CCn1c(C)cc(C(=O)COC(=O)c2cc(OC)cc(OC)c2)c1C. The smallest absolute Gasteiger partial charge is 0.338 e. The first-order chi connectivity index (χ1) is 11.9. The van der Waals surface area contributed by atoms with Crippen molar-refractivity contribution in [2.24, 2.45) is 0 Å². The number of ketones is 1. The third kappa shape index (κ3) is 4.02. The topological polar surface area (TPSA) is 66.8 Å². The number of esters is 1. The van der Waals surface area contributed by atoms with Crippen LogP contribution in [0.25, 0.3) is 0 Å². The van der Waals surface area contributed by atoms with Gasteiger partial charge in [-0.2, -0.15) is 0 Å². The third-order valence-corrected chi connectivity index (χ3v) is 4.11. The van der Waals surface area contributed by atoms with Crippen molar-refractivity contribution < 1.29 is 23.8 Å². The van der Waals surface area contributed by atoms with Gasteiger partial charge in [0.1, 0.15) is 11.5 Å². The van der Waals surface area contributed by atoms with Crippen LogP contribution in [0.1, 0.15) is 39.0 Å². The lowest BCUT2D eigenvalue weighted by atomic mass is 10.1. The van der Waals surface area contributed by atoms with Crippen LogP contribution in [0, 0.1) is 13.8 Å². The molecule has 6 heteroatoms. The number of aromatic nitrogens is 1. The van der Waals surface area contributed by atoms with Crippen LogP contribution in [0.2, 0.25) is 0 Å². The second-order valence-corrected chi connectivity index (χ2v) is 5.63. The van der Waals surface area contributed by atoms with Gasteiger partial charge in [0.2, 0.25) is 5.78 Å². The van der Waals surface area contributed by atoms with Gasteiger partial charge in [0.05, 0.1) is 19.8 Å². The highest BCUT2D eigenvalue weighted by Gasteiger charge is 2.18. The highest BCUT2D eigenvalue weighted by Crippen LogP contribution is 2.23. The Labute approximate surface area is 147 Å². The molecule has 1 aromatic carbocycles. The van der Waals surface area contributed by atoms with E-state index in [0.717, 1.165) is 17.9 Å². The summed E-state index contributed by atoms with van der Waals surface area (Å²) in [7, 11) is 2.99. The number of rotatable bonds is 7. The summed E-state index contributed by atoms with van der Waals surface area (Å²) in [6, 6.07) is 6.56. The molecule has 0 aliphatic rings. The fourth-order valence-corrected chi connectivity index (χ4v) is 2.79. The number of ether oxygens (including phenoxy) is 3. The number of methoxy groups -OCH3 is 2. The molecule has 0 unspecified atom stereocenters. The average molecular weight is 345 g/mol. The lowest BCUT2D eigenvalue weighted by Crippen LogP contribution is -2.15. The van der Waals surface area contributed by atoms with Crippen LogP contribution in [-0.4, -0.2) is 37.1 Å². The average Bonchev–Trinajstić information content (AvgIpc) is 2.92. The molecule has 0 aliphatic heterocycles. The fourth-order valence-electron chi connectivity index (χ4n) is 2.79. The summed E-state index contributed by atoms with van der Waals surface area (Å²) in [6.45, 7) is 6.32. The van der Waals surface area contributed by atoms with Crippen molar-refractivity contribution in [3.63, 3.8) is 0 Å². The van der Waals surface area contributed by atoms with Crippen molar-refractivity contribution >= 4 is 11.8 Å². The van der Waals surface area contributed by atoms with Gasteiger partial charge in [-0.3, -0.25) is 4.79 Å². The molecule has 1 aromatic heterocycles. The predicted octanol–water partition coefficient (Wildman–Crippen LogP) is 3.18. The van der Waals surface area contributed by atoms with Gasteiger partial charge in [0.25, 0.3) is 0 Å². The first-order valence-electron chi connectivity index (χ1n) is 8.01. The van der Waals surface area contributed by atoms with Crippen LogP contribution in [0.5, 0.6) is 11.5 Å². The zero-order valence-corrected chi connectivity index (χ0v) is 15.2. The molecule has 25 heavy (non-hydrogen) atoms. The fraction of sp³-hybridized carbons (Fsp3) is 0.368. The Morgan fingerprint density at radius 1 is 1.00 bits per heavy atom. The maximum Gasteiger partial charge on any atom is 0.338 e. The predicted molar refractivity (Wildman–Crippen MR) is 93.7 cm³/mol. The summed E-state index contributed by atoms with van der Waals surface area (Å²) in [4.78, 5) is 24.6. The number of hydrogen-bond acceptors (Lipinski definition) is 5. The van der Waals surface area contributed by atoms with Gasteiger partial charge >= 0.3 is 5.97 Å².